The van der Waals surface area contributed by atoms with Crippen molar-refractivity contribution in [2.75, 3.05) is 13.6 Å². The largest absolute Gasteiger partial charge is 0.356 e. The number of aliphatic hydroxyl groups excluding tert-OH is 1. The van der Waals surface area contributed by atoms with Gasteiger partial charge in [0, 0.05) is 6.54 Å². The first-order valence-corrected chi connectivity index (χ1v) is 7.27. The van der Waals surface area contributed by atoms with Crippen molar-refractivity contribution in [2.45, 2.75) is 72.8 Å². The van der Waals surface area contributed by atoms with Crippen LogP contribution in [0.2, 0.25) is 0 Å². The van der Waals surface area contributed by atoms with E-state index in [1.807, 2.05) is 32.7 Å². The smallest absolute Gasteiger partial charge is 0.216 e. The zero-order chi connectivity index (χ0) is 14.3. The number of ether oxygens (including phenoxy) is 1. The molecule has 0 radical (unpaired) electrons. The highest BCUT2D eigenvalue weighted by Crippen LogP contribution is 2.22. The lowest BCUT2D eigenvalue weighted by Crippen LogP contribution is -2.42. The van der Waals surface area contributed by atoms with Gasteiger partial charge in [0.1, 0.15) is 0 Å². The summed E-state index contributed by atoms with van der Waals surface area (Å²) in [6, 6.07) is 0. The Kier molecular flexibility index (Phi) is 8.08. The minimum absolute atomic E-state index is 0.315. The van der Waals surface area contributed by atoms with Crippen LogP contribution in [0.3, 0.4) is 0 Å². The van der Waals surface area contributed by atoms with Crippen LogP contribution in [0.25, 0.3) is 0 Å². The zero-order valence-corrected chi connectivity index (χ0v) is 13.4. The molecule has 0 aromatic rings. The third kappa shape index (κ3) is 7.34. The van der Waals surface area contributed by atoms with E-state index in [2.05, 4.69) is 20.8 Å². The zero-order valence-electron chi connectivity index (χ0n) is 13.4. The summed E-state index contributed by atoms with van der Waals surface area (Å²) in [5.41, 5.74) is -0.315. The van der Waals surface area contributed by atoms with Crippen molar-refractivity contribution in [1.82, 2.24) is 4.90 Å². The third-order valence-corrected chi connectivity index (χ3v) is 3.43. The molecule has 0 aromatic carbocycles. The predicted molar refractivity (Wildman–Crippen MR) is 77.3 cm³/mol. The molecule has 3 nitrogen and oxygen atoms in total. The summed E-state index contributed by atoms with van der Waals surface area (Å²) in [4.78, 5) is 1.91. The second-order valence-corrected chi connectivity index (χ2v) is 6.43. The second kappa shape index (κ2) is 8.13. The maximum Gasteiger partial charge on any atom is 0.216 e. The van der Waals surface area contributed by atoms with E-state index < -0.39 is 6.41 Å². The number of hydrogen-bond acceptors (Lipinski definition) is 3. The maximum absolute atomic E-state index is 10.0. The normalized spacial score (nSPS) is 17.8. The van der Waals surface area contributed by atoms with E-state index in [9.17, 15) is 5.11 Å². The molecule has 0 bridgehead atoms. The SMILES string of the molecule is CCCC(C)C(CC)CN(C)C(O)OC(C)(C)C. The lowest BCUT2D eigenvalue weighted by molar-refractivity contribution is -0.235. The van der Waals surface area contributed by atoms with Gasteiger partial charge in [0.2, 0.25) is 6.41 Å². The van der Waals surface area contributed by atoms with Gasteiger partial charge in [-0.15, -0.1) is 0 Å². The maximum atomic E-state index is 10.0. The standard InChI is InChI=1S/C15H33NO2/c1-8-10-12(3)13(9-2)11-16(7)14(17)18-15(4,5)6/h12-14,17H,8-11H2,1-7H3. The Bertz CT molecular complexity index is 213. The van der Waals surface area contributed by atoms with E-state index in [0.29, 0.717) is 11.8 Å². The van der Waals surface area contributed by atoms with Crippen molar-refractivity contribution in [3.63, 3.8) is 0 Å². The summed E-state index contributed by atoms with van der Waals surface area (Å²) < 4.78 is 5.57. The lowest BCUT2D eigenvalue weighted by Gasteiger charge is -2.33. The predicted octanol–water partition coefficient (Wildman–Crippen LogP) is 3.47. The van der Waals surface area contributed by atoms with Gasteiger partial charge in [-0.3, -0.25) is 4.90 Å². The van der Waals surface area contributed by atoms with Gasteiger partial charge in [-0.25, -0.2) is 0 Å². The van der Waals surface area contributed by atoms with Gasteiger partial charge in [-0.1, -0.05) is 40.0 Å². The van der Waals surface area contributed by atoms with E-state index in [0.717, 1.165) is 13.0 Å². The Morgan fingerprint density at radius 3 is 2.17 bits per heavy atom. The summed E-state index contributed by atoms with van der Waals surface area (Å²) in [6.45, 7) is 13.5. The van der Waals surface area contributed by atoms with Crippen molar-refractivity contribution in [1.29, 1.82) is 0 Å². The first kappa shape index (κ1) is 17.9. The van der Waals surface area contributed by atoms with Gasteiger partial charge >= 0.3 is 0 Å². The average molecular weight is 259 g/mol. The molecule has 18 heavy (non-hydrogen) atoms. The Morgan fingerprint density at radius 2 is 1.78 bits per heavy atom. The summed E-state index contributed by atoms with van der Waals surface area (Å²) in [7, 11) is 1.93. The van der Waals surface area contributed by atoms with Crippen LogP contribution in [0, 0.1) is 11.8 Å². The molecule has 3 atom stereocenters. The molecule has 1 N–H and O–H groups in total. The van der Waals surface area contributed by atoms with E-state index in [1.165, 1.54) is 12.8 Å². The molecule has 0 saturated heterocycles. The minimum atomic E-state index is -0.812. The van der Waals surface area contributed by atoms with Crippen LogP contribution < -0.4 is 0 Å². The molecular weight excluding hydrogens is 226 g/mol. The fourth-order valence-electron chi connectivity index (χ4n) is 2.27. The Morgan fingerprint density at radius 1 is 1.22 bits per heavy atom. The van der Waals surface area contributed by atoms with Crippen molar-refractivity contribution in [2.24, 2.45) is 11.8 Å². The quantitative estimate of drug-likeness (QED) is 0.677. The second-order valence-electron chi connectivity index (χ2n) is 6.43. The van der Waals surface area contributed by atoms with Crippen LogP contribution in [0.1, 0.15) is 60.8 Å². The monoisotopic (exact) mass is 259 g/mol. The molecule has 110 valence electrons. The Hall–Kier alpha value is -0.120. The van der Waals surface area contributed by atoms with Crippen LogP contribution in [0.15, 0.2) is 0 Å². The van der Waals surface area contributed by atoms with Crippen molar-refractivity contribution in [3.05, 3.63) is 0 Å². The number of rotatable bonds is 8. The van der Waals surface area contributed by atoms with Gasteiger partial charge in [0.25, 0.3) is 0 Å². The highest BCUT2D eigenvalue weighted by atomic mass is 16.6. The third-order valence-electron chi connectivity index (χ3n) is 3.43. The van der Waals surface area contributed by atoms with Gasteiger partial charge in [-0.2, -0.15) is 0 Å². The topological polar surface area (TPSA) is 32.7 Å². The molecule has 3 heteroatoms. The highest BCUT2D eigenvalue weighted by Gasteiger charge is 2.23. The Balaban J connectivity index is 4.29. The lowest BCUT2D eigenvalue weighted by atomic mass is 9.88. The van der Waals surface area contributed by atoms with Crippen molar-refractivity contribution < 1.29 is 9.84 Å². The van der Waals surface area contributed by atoms with Crippen LogP contribution in [0.5, 0.6) is 0 Å². The van der Waals surface area contributed by atoms with E-state index in [-0.39, 0.29) is 5.60 Å². The van der Waals surface area contributed by atoms with Crippen LogP contribution in [0.4, 0.5) is 0 Å². The first-order chi connectivity index (χ1) is 8.21. The molecule has 3 unspecified atom stereocenters. The van der Waals surface area contributed by atoms with Gasteiger partial charge in [-0.05, 0) is 39.7 Å². The van der Waals surface area contributed by atoms with E-state index in [1.54, 1.807) is 0 Å². The number of hydrogen-bond donors (Lipinski definition) is 1. The van der Waals surface area contributed by atoms with Crippen molar-refractivity contribution >= 4 is 0 Å². The molecule has 0 heterocycles. The molecule has 0 aliphatic carbocycles. The van der Waals surface area contributed by atoms with Gasteiger partial charge in [0.05, 0.1) is 5.60 Å². The summed E-state index contributed by atoms with van der Waals surface area (Å²) in [5.74, 6) is 1.32. The fraction of sp³-hybridized carbons (Fsp3) is 1.00. The van der Waals surface area contributed by atoms with E-state index >= 15 is 0 Å². The fourth-order valence-corrected chi connectivity index (χ4v) is 2.27. The molecule has 0 rings (SSSR count). The van der Waals surface area contributed by atoms with Crippen LogP contribution in [-0.2, 0) is 4.74 Å². The molecule has 0 aliphatic heterocycles. The summed E-state index contributed by atoms with van der Waals surface area (Å²) >= 11 is 0. The van der Waals surface area contributed by atoms with Crippen molar-refractivity contribution in [3.8, 4) is 0 Å². The molecular formula is C15H33NO2. The van der Waals surface area contributed by atoms with Gasteiger partial charge < -0.3 is 9.84 Å². The van der Waals surface area contributed by atoms with Crippen LogP contribution >= 0.6 is 0 Å². The minimum Gasteiger partial charge on any atom is -0.356 e. The average Bonchev–Trinajstić information content (AvgIpc) is 2.23. The molecule has 0 aliphatic rings. The summed E-state index contributed by atoms with van der Waals surface area (Å²) in [6.07, 6.45) is 2.81. The van der Waals surface area contributed by atoms with Crippen LogP contribution in [-0.4, -0.2) is 35.6 Å². The molecule has 0 aromatic heterocycles. The first-order valence-electron chi connectivity index (χ1n) is 7.27. The number of aliphatic hydroxyl groups is 1. The van der Waals surface area contributed by atoms with Gasteiger partial charge in [0.15, 0.2) is 0 Å². The van der Waals surface area contributed by atoms with E-state index in [4.69, 9.17) is 4.74 Å². The number of nitrogens with zero attached hydrogens (tertiary/aromatic N) is 1. The Labute approximate surface area is 114 Å². The highest BCUT2D eigenvalue weighted by molar-refractivity contribution is 4.69. The molecule has 0 fully saturated rings. The summed E-state index contributed by atoms with van der Waals surface area (Å²) in [5, 5.41) is 10.0. The molecule has 0 saturated carbocycles. The molecule has 0 spiro atoms. The molecule has 0 amide bonds.